The lowest BCUT2D eigenvalue weighted by Gasteiger charge is -2.10. The van der Waals surface area contributed by atoms with Crippen molar-refractivity contribution in [2.75, 3.05) is 26.8 Å². The van der Waals surface area contributed by atoms with Crippen molar-refractivity contribution in [3.8, 4) is 11.3 Å². The van der Waals surface area contributed by atoms with Crippen molar-refractivity contribution < 1.29 is 18.7 Å². The van der Waals surface area contributed by atoms with Crippen molar-refractivity contribution >= 4 is 22.8 Å². The third-order valence-corrected chi connectivity index (χ3v) is 4.85. The third kappa shape index (κ3) is 4.84. The molecule has 3 aromatic heterocycles. The number of nitrogens with one attached hydrogen (secondary N) is 2. The maximum Gasteiger partial charge on any atom is 0.252 e. The molecule has 3 heterocycles. The molecule has 32 heavy (non-hydrogen) atoms. The van der Waals surface area contributed by atoms with Gasteiger partial charge in [0.15, 0.2) is 5.65 Å². The molecule has 164 valence electrons. The topological polar surface area (TPSA) is 111 Å². The van der Waals surface area contributed by atoms with E-state index < -0.39 is 0 Å². The van der Waals surface area contributed by atoms with Crippen LogP contribution < -0.4 is 10.6 Å². The number of hydrogen-bond acceptors (Lipinski definition) is 6. The Hall–Kier alpha value is -3.98. The average Bonchev–Trinajstić information content (AvgIpc) is 3.48. The van der Waals surface area contributed by atoms with Crippen molar-refractivity contribution in [2.45, 2.75) is 6.54 Å². The van der Waals surface area contributed by atoms with Crippen LogP contribution in [0.15, 0.2) is 65.4 Å². The predicted octanol–water partition coefficient (Wildman–Crippen LogP) is 2.23. The molecule has 9 heteroatoms. The Bertz CT molecular complexity index is 1200. The number of furan rings is 1. The normalized spacial score (nSPS) is 10.9. The van der Waals surface area contributed by atoms with Crippen molar-refractivity contribution in [3.63, 3.8) is 0 Å². The van der Waals surface area contributed by atoms with Crippen LogP contribution in [0.5, 0.6) is 0 Å². The van der Waals surface area contributed by atoms with Gasteiger partial charge in [-0.15, -0.1) is 0 Å². The van der Waals surface area contributed by atoms with Crippen LogP contribution in [0.25, 0.3) is 22.3 Å². The number of benzene rings is 1. The monoisotopic (exact) mass is 433 g/mol. The number of carbonyl (C=O) groups excluding carboxylic acids is 2. The third-order valence-electron chi connectivity index (χ3n) is 4.85. The number of hydrogen-bond donors (Lipinski definition) is 2. The Morgan fingerprint density at radius 1 is 1.12 bits per heavy atom. The summed E-state index contributed by atoms with van der Waals surface area (Å²) in [6.45, 7) is 1.01. The van der Waals surface area contributed by atoms with Gasteiger partial charge in [0.05, 0.1) is 42.3 Å². The van der Waals surface area contributed by atoms with Gasteiger partial charge in [0.1, 0.15) is 12.3 Å². The summed E-state index contributed by atoms with van der Waals surface area (Å²) >= 11 is 0. The fourth-order valence-electron chi connectivity index (χ4n) is 3.27. The fraction of sp³-hybridized carbons (Fsp3) is 0.217. The SMILES string of the molecule is COCCNC(=O)CNC(=O)c1cc(-c2ccccc2)nc2c1cnn2Cc1ccco1. The second-order valence-electron chi connectivity index (χ2n) is 7.07. The van der Waals surface area contributed by atoms with E-state index in [9.17, 15) is 9.59 Å². The predicted molar refractivity (Wildman–Crippen MR) is 118 cm³/mol. The van der Waals surface area contributed by atoms with Crippen molar-refractivity contribution in [3.05, 3.63) is 72.3 Å². The quantitative estimate of drug-likeness (QED) is 0.392. The van der Waals surface area contributed by atoms with E-state index in [1.165, 1.54) is 0 Å². The highest BCUT2D eigenvalue weighted by Crippen LogP contribution is 2.25. The highest BCUT2D eigenvalue weighted by molar-refractivity contribution is 6.07. The Morgan fingerprint density at radius 3 is 2.72 bits per heavy atom. The second-order valence-corrected chi connectivity index (χ2v) is 7.07. The molecule has 0 saturated carbocycles. The van der Waals surface area contributed by atoms with Crippen LogP contribution >= 0.6 is 0 Å². The second kappa shape index (κ2) is 9.88. The van der Waals surface area contributed by atoms with Crippen LogP contribution in [-0.4, -0.2) is 53.4 Å². The lowest BCUT2D eigenvalue weighted by Crippen LogP contribution is -2.38. The molecule has 0 spiro atoms. The zero-order valence-corrected chi connectivity index (χ0v) is 17.6. The van der Waals surface area contributed by atoms with Crippen LogP contribution in [-0.2, 0) is 16.1 Å². The van der Waals surface area contributed by atoms with E-state index in [-0.39, 0.29) is 18.4 Å². The number of fused-ring (bicyclic) bond motifs is 1. The number of carbonyl (C=O) groups is 2. The first-order valence-electron chi connectivity index (χ1n) is 10.1. The van der Waals surface area contributed by atoms with Crippen molar-refractivity contribution in [1.82, 2.24) is 25.4 Å². The average molecular weight is 433 g/mol. The smallest absolute Gasteiger partial charge is 0.252 e. The summed E-state index contributed by atoms with van der Waals surface area (Å²) < 4.78 is 12.0. The van der Waals surface area contributed by atoms with Gasteiger partial charge in [-0.2, -0.15) is 5.10 Å². The lowest BCUT2D eigenvalue weighted by molar-refractivity contribution is -0.120. The Labute approximate surface area is 184 Å². The van der Waals surface area contributed by atoms with Gasteiger partial charge in [0, 0.05) is 19.2 Å². The number of nitrogens with zero attached hydrogens (tertiary/aromatic N) is 3. The highest BCUT2D eigenvalue weighted by atomic mass is 16.5. The zero-order valence-electron chi connectivity index (χ0n) is 17.6. The van der Waals surface area contributed by atoms with Gasteiger partial charge < -0.3 is 19.8 Å². The largest absolute Gasteiger partial charge is 0.467 e. The zero-order chi connectivity index (χ0) is 22.3. The molecule has 9 nitrogen and oxygen atoms in total. The van der Waals surface area contributed by atoms with Gasteiger partial charge >= 0.3 is 0 Å². The van der Waals surface area contributed by atoms with Gasteiger partial charge in [-0.1, -0.05) is 30.3 Å². The van der Waals surface area contributed by atoms with Crippen LogP contribution in [0.4, 0.5) is 0 Å². The highest BCUT2D eigenvalue weighted by Gasteiger charge is 2.18. The molecular formula is C23H23N5O4. The van der Waals surface area contributed by atoms with Crippen molar-refractivity contribution in [1.29, 1.82) is 0 Å². The summed E-state index contributed by atoms with van der Waals surface area (Å²) in [4.78, 5) is 29.7. The molecule has 0 fully saturated rings. The number of rotatable bonds is 9. The number of ether oxygens (including phenoxy) is 1. The van der Waals surface area contributed by atoms with Crippen LogP contribution in [0, 0.1) is 0 Å². The summed E-state index contributed by atoms with van der Waals surface area (Å²) in [5.41, 5.74) is 2.45. The van der Waals surface area contributed by atoms with Crippen LogP contribution in [0.2, 0.25) is 0 Å². The Morgan fingerprint density at radius 2 is 1.97 bits per heavy atom. The molecule has 2 N–H and O–H groups in total. The van der Waals surface area contributed by atoms with Gasteiger partial charge in [0.25, 0.3) is 5.91 Å². The van der Waals surface area contributed by atoms with E-state index in [0.717, 1.165) is 11.3 Å². The maximum absolute atomic E-state index is 13.0. The summed E-state index contributed by atoms with van der Waals surface area (Å²) in [6, 6.07) is 15.0. The molecule has 0 aliphatic heterocycles. The molecule has 0 radical (unpaired) electrons. The molecule has 0 saturated heterocycles. The van der Waals surface area contributed by atoms with Gasteiger partial charge in [0.2, 0.25) is 5.91 Å². The molecule has 0 aliphatic rings. The minimum absolute atomic E-state index is 0.145. The summed E-state index contributed by atoms with van der Waals surface area (Å²) in [7, 11) is 1.55. The first kappa shape index (κ1) is 21.3. The Kier molecular flexibility index (Phi) is 6.57. The van der Waals surface area contributed by atoms with Gasteiger partial charge in [-0.3, -0.25) is 9.59 Å². The van der Waals surface area contributed by atoms with E-state index in [1.807, 2.05) is 36.4 Å². The van der Waals surface area contributed by atoms with E-state index in [1.54, 1.807) is 36.4 Å². The molecule has 0 atom stereocenters. The van der Waals surface area contributed by atoms with Gasteiger partial charge in [-0.25, -0.2) is 9.67 Å². The standard InChI is InChI=1S/C23H23N5O4/c1-31-11-9-24-21(29)14-25-23(30)18-12-20(16-6-3-2-4-7-16)27-22-19(18)13-26-28(22)15-17-8-5-10-32-17/h2-8,10,12-13H,9,11,14-15H2,1H3,(H,24,29)(H,25,30). The first-order chi connectivity index (χ1) is 15.7. The minimum atomic E-state index is -0.381. The molecular weight excluding hydrogens is 410 g/mol. The number of aromatic nitrogens is 3. The number of pyridine rings is 1. The van der Waals surface area contributed by atoms with E-state index >= 15 is 0 Å². The van der Waals surface area contributed by atoms with Crippen LogP contribution in [0.1, 0.15) is 16.1 Å². The Balaban J connectivity index is 1.65. The van der Waals surface area contributed by atoms with Crippen molar-refractivity contribution in [2.24, 2.45) is 0 Å². The van der Waals surface area contributed by atoms with E-state index in [2.05, 4.69) is 15.7 Å². The minimum Gasteiger partial charge on any atom is -0.467 e. The van der Waals surface area contributed by atoms with Crippen LogP contribution in [0.3, 0.4) is 0 Å². The fourth-order valence-corrected chi connectivity index (χ4v) is 3.27. The van der Waals surface area contributed by atoms with Gasteiger partial charge in [-0.05, 0) is 18.2 Å². The molecule has 0 aliphatic carbocycles. The van der Waals surface area contributed by atoms with E-state index in [4.69, 9.17) is 14.1 Å². The molecule has 0 unspecified atom stereocenters. The van der Waals surface area contributed by atoms with E-state index in [0.29, 0.717) is 42.0 Å². The molecule has 0 bridgehead atoms. The molecule has 2 amide bonds. The first-order valence-corrected chi connectivity index (χ1v) is 10.1. The summed E-state index contributed by atoms with van der Waals surface area (Å²) in [5, 5.41) is 10.4. The maximum atomic E-state index is 13.0. The lowest BCUT2D eigenvalue weighted by atomic mass is 10.1. The number of methoxy groups -OCH3 is 1. The molecule has 4 rings (SSSR count). The number of amides is 2. The summed E-state index contributed by atoms with van der Waals surface area (Å²) in [5.74, 6) is 0.0483. The molecule has 1 aromatic carbocycles. The molecule has 4 aromatic rings. The summed E-state index contributed by atoms with van der Waals surface area (Å²) in [6.07, 6.45) is 3.20.